The predicted molar refractivity (Wildman–Crippen MR) is 63.7 cm³/mol. The van der Waals surface area contributed by atoms with E-state index in [-0.39, 0.29) is 5.69 Å². The van der Waals surface area contributed by atoms with Crippen LogP contribution >= 0.6 is 11.8 Å². The molecule has 19 heavy (non-hydrogen) atoms. The first kappa shape index (κ1) is 14.0. The van der Waals surface area contributed by atoms with E-state index >= 15 is 0 Å². The summed E-state index contributed by atoms with van der Waals surface area (Å²) in [5.74, 6) is -0.597. The molecule has 1 aromatic heterocycles. The van der Waals surface area contributed by atoms with Gasteiger partial charge in [0.15, 0.2) is 5.69 Å². The molecule has 1 saturated carbocycles. The van der Waals surface area contributed by atoms with Crippen molar-refractivity contribution in [1.82, 2.24) is 4.98 Å². The standard InChI is InChI=1S/C12H11F3N2OS/c13-12(14,15)18-11-6-5-10(9(7-16)17-11)19-8-3-1-2-4-8/h5-6,8H,1-4H2. The Labute approximate surface area is 112 Å². The van der Waals surface area contributed by atoms with Crippen LogP contribution in [0.5, 0.6) is 5.88 Å². The zero-order valence-corrected chi connectivity index (χ0v) is 10.7. The van der Waals surface area contributed by atoms with E-state index in [1.54, 1.807) is 0 Å². The van der Waals surface area contributed by atoms with Gasteiger partial charge in [-0.3, -0.25) is 0 Å². The highest BCUT2D eigenvalue weighted by atomic mass is 32.2. The Morgan fingerprint density at radius 2 is 2.00 bits per heavy atom. The minimum Gasteiger partial charge on any atom is -0.388 e. The van der Waals surface area contributed by atoms with Crippen molar-refractivity contribution in [3.05, 3.63) is 17.8 Å². The monoisotopic (exact) mass is 288 g/mol. The first-order chi connectivity index (χ1) is 8.98. The maximum atomic E-state index is 12.1. The van der Waals surface area contributed by atoms with Gasteiger partial charge in [-0.2, -0.15) is 5.26 Å². The summed E-state index contributed by atoms with van der Waals surface area (Å²) in [6.45, 7) is 0. The van der Waals surface area contributed by atoms with E-state index in [0.717, 1.165) is 31.7 Å². The van der Waals surface area contributed by atoms with Crippen LogP contribution in [0.4, 0.5) is 13.2 Å². The summed E-state index contributed by atoms with van der Waals surface area (Å²) < 4.78 is 39.9. The summed E-state index contributed by atoms with van der Waals surface area (Å²) in [6, 6.07) is 4.43. The lowest BCUT2D eigenvalue weighted by atomic mass is 10.3. The lowest BCUT2D eigenvalue weighted by Gasteiger charge is -2.11. The number of hydrogen-bond donors (Lipinski definition) is 0. The van der Waals surface area contributed by atoms with Crippen molar-refractivity contribution in [2.45, 2.75) is 42.2 Å². The highest BCUT2D eigenvalue weighted by molar-refractivity contribution is 8.00. The minimum absolute atomic E-state index is 0.0151. The first-order valence-corrected chi connectivity index (χ1v) is 6.69. The van der Waals surface area contributed by atoms with Gasteiger partial charge in [0, 0.05) is 16.2 Å². The Balaban J connectivity index is 2.14. The number of hydrogen-bond acceptors (Lipinski definition) is 4. The van der Waals surface area contributed by atoms with Crippen molar-refractivity contribution in [3.8, 4) is 11.9 Å². The summed E-state index contributed by atoms with van der Waals surface area (Å²) in [5, 5.41) is 9.37. The third-order valence-corrected chi connectivity index (χ3v) is 4.14. The van der Waals surface area contributed by atoms with Gasteiger partial charge < -0.3 is 4.74 Å². The molecule has 3 nitrogen and oxygen atoms in total. The van der Waals surface area contributed by atoms with Crippen LogP contribution in [0.1, 0.15) is 31.4 Å². The van der Waals surface area contributed by atoms with Crippen LogP contribution in [-0.4, -0.2) is 16.6 Å². The Morgan fingerprint density at radius 3 is 2.58 bits per heavy atom. The molecule has 0 aromatic carbocycles. The minimum atomic E-state index is -4.79. The molecule has 0 aliphatic heterocycles. The third-order valence-electron chi connectivity index (χ3n) is 2.75. The molecule has 102 valence electrons. The third kappa shape index (κ3) is 4.03. The van der Waals surface area contributed by atoms with E-state index in [2.05, 4.69) is 9.72 Å². The summed E-state index contributed by atoms with van der Waals surface area (Å²) in [5.41, 5.74) is -0.0151. The van der Waals surface area contributed by atoms with Gasteiger partial charge in [0.25, 0.3) is 0 Å². The summed E-state index contributed by atoms with van der Waals surface area (Å²) in [4.78, 5) is 4.21. The van der Waals surface area contributed by atoms with Crippen LogP contribution < -0.4 is 4.74 Å². The number of pyridine rings is 1. The fourth-order valence-corrected chi connectivity index (χ4v) is 3.24. The zero-order chi connectivity index (χ0) is 13.9. The number of alkyl halides is 3. The van der Waals surface area contributed by atoms with E-state index < -0.39 is 12.2 Å². The smallest absolute Gasteiger partial charge is 0.388 e. The maximum absolute atomic E-state index is 12.1. The highest BCUT2D eigenvalue weighted by Crippen LogP contribution is 2.36. The average Bonchev–Trinajstić information content (AvgIpc) is 2.82. The zero-order valence-electron chi connectivity index (χ0n) is 9.91. The molecule has 1 fully saturated rings. The van der Waals surface area contributed by atoms with Crippen LogP contribution in [-0.2, 0) is 0 Å². The topological polar surface area (TPSA) is 45.9 Å². The van der Waals surface area contributed by atoms with Crippen molar-refractivity contribution in [3.63, 3.8) is 0 Å². The number of aromatic nitrogens is 1. The maximum Gasteiger partial charge on any atom is 0.574 e. The summed E-state index contributed by atoms with van der Waals surface area (Å²) >= 11 is 1.51. The van der Waals surface area contributed by atoms with Gasteiger partial charge >= 0.3 is 6.36 Å². The SMILES string of the molecule is N#Cc1nc(OC(F)(F)F)ccc1SC1CCCC1. The van der Waals surface area contributed by atoms with Gasteiger partial charge in [0.1, 0.15) is 6.07 Å². The fourth-order valence-electron chi connectivity index (χ4n) is 1.96. The van der Waals surface area contributed by atoms with Crippen molar-refractivity contribution in [1.29, 1.82) is 5.26 Å². The molecular formula is C12H11F3N2OS. The van der Waals surface area contributed by atoms with Gasteiger partial charge in [-0.15, -0.1) is 24.9 Å². The Hall–Kier alpha value is -1.42. The number of nitriles is 1. The molecule has 0 bridgehead atoms. The van der Waals surface area contributed by atoms with Gasteiger partial charge in [-0.25, -0.2) is 4.98 Å². The molecule has 1 aliphatic rings. The molecule has 0 saturated heterocycles. The molecule has 0 spiro atoms. The van der Waals surface area contributed by atoms with Crippen LogP contribution in [0.25, 0.3) is 0 Å². The number of thioether (sulfide) groups is 1. The lowest BCUT2D eigenvalue weighted by molar-refractivity contribution is -0.276. The molecule has 0 atom stereocenters. The first-order valence-electron chi connectivity index (χ1n) is 5.81. The van der Waals surface area contributed by atoms with Crippen molar-refractivity contribution in [2.24, 2.45) is 0 Å². The number of ether oxygens (including phenoxy) is 1. The molecule has 0 radical (unpaired) electrons. The Morgan fingerprint density at radius 1 is 1.32 bits per heavy atom. The second kappa shape index (κ2) is 5.70. The Kier molecular flexibility index (Phi) is 4.20. The van der Waals surface area contributed by atoms with E-state index in [1.165, 1.54) is 17.8 Å². The molecule has 7 heteroatoms. The lowest BCUT2D eigenvalue weighted by Crippen LogP contribution is -2.18. The summed E-state index contributed by atoms with van der Waals surface area (Å²) in [7, 11) is 0. The fraction of sp³-hybridized carbons (Fsp3) is 0.500. The van der Waals surface area contributed by atoms with Crippen LogP contribution in [0.3, 0.4) is 0 Å². The number of nitrogens with zero attached hydrogens (tertiary/aromatic N) is 2. The molecule has 0 N–H and O–H groups in total. The average molecular weight is 288 g/mol. The van der Waals surface area contributed by atoms with Gasteiger partial charge in [-0.1, -0.05) is 12.8 Å². The Bertz CT molecular complexity index is 493. The normalized spacial score (nSPS) is 16.3. The van der Waals surface area contributed by atoms with Gasteiger partial charge in [0.2, 0.25) is 5.88 Å². The molecule has 1 aromatic rings. The van der Waals surface area contributed by atoms with Crippen molar-refractivity contribution < 1.29 is 17.9 Å². The van der Waals surface area contributed by atoms with E-state index in [0.29, 0.717) is 10.1 Å². The van der Waals surface area contributed by atoms with Crippen LogP contribution in [0.15, 0.2) is 17.0 Å². The van der Waals surface area contributed by atoms with Crippen LogP contribution in [0, 0.1) is 11.3 Å². The number of rotatable bonds is 3. The van der Waals surface area contributed by atoms with E-state index in [1.807, 2.05) is 6.07 Å². The van der Waals surface area contributed by atoms with E-state index in [9.17, 15) is 13.2 Å². The largest absolute Gasteiger partial charge is 0.574 e. The number of halogens is 3. The van der Waals surface area contributed by atoms with E-state index in [4.69, 9.17) is 5.26 Å². The molecular weight excluding hydrogens is 277 g/mol. The molecule has 0 unspecified atom stereocenters. The highest BCUT2D eigenvalue weighted by Gasteiger charge is 2.32. The summed E-state index contributed by atoms with van der Waals surface area (Å²) in [6.07, 6.45) is -0.350. The molecule has 1 aliphatic carbocycles. The van der Waals surface area contributed by atoms with Gasteiger partial charge in [-0.05, 0) is 18.9 Å². The van der Waals surface area contributed by atoms with Crippen molar-refractivity contribution >= 4 is 11.8 Å². The van der Waals surface area contributed by atoms with Crippen molar-refractivity contribution in [2.75, 3.05) is 0 Å². The second-order valence-corrected chi connectivity index (χ2v) is 5.52. The molecule has 1 heterocycles. The molecule has 2 rings (SSSR count). The van der Waals surface area contributed by atoms with Crippen LogP contribution in [0.2, 0.25) is 0 Å². The molecule has 0 amide bonds. The second-order valence-electron chi connectivity index (χ2n) is 4.18. The quantitative estimate of drug-likeness (QED) is 0.846. The predicted octanol–water partition coefficient (Wildman–Crippen LogP) is 3.89. The van der Waals surface area contributed by atoms with Gasteiger partial charge in [0.05, 0.1) is 0 Å².